The lowest BCUT2D eigenvalue weighted by Gasteiger charge is -2.27. The summed E-state index contributed by atoms with van der Waals surface area (Å²) in [6.45, 7) is 6.69. The Bertz CT molecular complexity index is 941. The quantitative estimate of drug-likeness (QED) is 0.893. The van der Waals surface area contributed by atoms with Crippen LogP contribution in [0.15, 0.2) is 18.2 Å². The third-order valence-corrected chi connectivity index (χ3v) is 5.09. The maximum absolute atomic E-state index is 15.4. The number of halogens is 1. The lowest BCUT2D eigenvalue weighted by molar-refractivity contribution is -0.128. The summed E-state index contributed by atoms with van der Waals surface area (Å²) in [6, 6.07) is 3.60. The van der Waals surface area contributed by atoms with Gasteiger partial charge in [-0.05, 0) is 35.6 Å². The minimum absolute atomic E-state index is 0.00934. The first-order valence-electron chi connectivity index (χ1n) is 9.22. The monoisotopic (exact) mass is 371 g/mol. The van der Waals surface area contributed by atoms with E-state index in [0.29, 0.717) is 36.3 Å². The van der Waals surface area contributed by atoms with Gasteiger partial charge in [0.15, 0.2) is 5.82 Å². The molecule has 1 aliphatic rings. The molecular formula is C21H26FN3O2. The van der Waals surface area contributed by atoms with Gasteiger partial charge in [-0.2, -0.15) is 0 Å². The Kier molecular flexibility index (Phi) is 5.09. The predicted octanol–water partition coefficient (Wildman–Crippen LogP) is 3.77. The first-order chi connectivity index (χ1) is 12.7. The van der Waals surface area contributed by atoms with E-state index in [1.165, 1.54) is 11.8 Å². The van der Waals surface area contributed by atoms with Crippen LogP contribution in [0.2, 0.25) is 0 Å². The van der Waals surface area contributed by atoms with Crippen LogP contribution >= 0.6 is 0 Å². The number of fused-ring (bicyclic) bond motifs is 1. The van der Waals surface area contributed by atoms with E-state index in [9.17, 15) is 9.59 Å². The van der Waals surface area contributed by atoms with Gasteiger partial charge in [-0.3, -0.25) is 9.59 Å². The zero-order chi connectivity index (χ0) is 19.9. The van der Waals surface area contributed by atoms with E-state index in [2.05, 4.69) is 4.98 Å². The van der Waals surface area contributed by atoms with Crippen LogP contribution in [-0.4, -0.2) is 53.8 Å². The molecule has 1 N–H and O–H groups in total. The molecule has 2 amide bonds. The van der Waals surface area contributed by atoms with Crippen molar-refractivity contribution in [2.24, 2.45) is 0 Å². The fourth-order valence-electron chi connectivity index (χ4n) is 3.56. The molecule has 1 aromatic heterocycles. The molecule has 0 atom stereocenters. The molecule has 1 aliphatic heterocycles. The van der Waals surface area contributed by atoms with Gasteiger partial charge < -0.3 is 14.8 Å². The van der Waals surface area contributed by atoms with E-state index in [4.69, 9.17) is 0 Å². The van der Waals surface area contributed by atoms with Gasteiger partial charge in [0.25, 0.3) is 5.91 Å². The number of aromatic amines is 1. The minimum atomic E-state index is -0.371. The highest BCUT2D eigenvalue weighted by molar-refractivity contribution is 6.00. The highest BCUT2D eigenvalue weighted by Crippen LogP contribution is 2.34. The molecule has 27 heavy (non-hydrogen) atoms. The van der Waals surface area contributed by atoms with Crippen molar-refractivity contribution < 1.29 is 14.0 Å². The zero-order valence-electron chi connectivity index (χ0n) is 16.5. The number of carbonyl (C=O) groups excluding carboxylic acids is 2. The fraction of sp³-hybridized carbons (Fsp3) is 0.429. The maximum atomic E-state index is 15.4. The van der Waals surface area contributed by atoms with Crippen LogP contribution in [0.5, 0.6) is 0 Å². The van der Waals surface area contributed by atoms with Crippen LogP contribution in [-0.2, 0) is 4.79 Å². The number of carbonyl (C=O) groups is 2. The number of H-pyrrole nitrogens is 1. The molecule has 0 saturated heterocycles. The standard InChI is InChI=1S/C21H26FN3O2/c1-12(2)15-9-16(14-7-6-8-25(11-14)13(3)26)19(22)20-17(15)10-18(23-20)21(27)24(4)5/h7,9-10,12,23H,6,8,11H2,1-5H3. The van der Waals surface area contributed by atoms with Gasteiger partial charge in [0, 0.05) is 45.1 Å². The van der Waals surface area contributed by atoms with Crippen LogP contribution in [0, 0.1) is 5.82 Å². The summed E-state index contributed by atoms with van der Waals surface area (Å²) in [7, 11) is 3.34. The van der Waals surface area contributed by atoms with E-state index < -0.39 is 0 Å². The lowest BCUT2D eigenvalue weighted by Crippen LogP contribution is -2.33. The fourth-order valence-corrected chi connectivity index (χ4v) is 3.56. The van der Waals surface area contributed by atoms with Crippen molar-refractivity contribution in [3.8, 4) is 0 Å². The molecule has 2 aromatic rings. The largest absolute Gasteiger partial charge is 0.348 e. The van der Waals surface area contributed by atoms with Crippen molar-refractivity contribution in [3.05, 3.63) is 40.8 Å². The van der Waals surface area contributed by atoms with E-state index in [0.717, 1.165) is 16.5 Å². The Hall–Kier alpha value is -2.63. The lowest BCUT2D eigenvalue weighted by atomic mass is 9.92. The van der Waals surface area contributed by atoms with E-state index >= 15 is 4.39 Å². The zero-order valence-corrected chi connectivity index (χ0v) is 16.5. The summed E-state index contributed by atoms with van der Waals surface area (Å²) < 4.78 is 15.4. The smallest absolute Gasteiger partial charge is 0.269 e. The number of hydrogen-bond donors (Lipinski definition) is 1. The number of rotatable bonds is 3. The maximum Gasteiger partial charge on any atom is 0.269 e. The average molecular weight is 371 g/mol. The molecule has 0 unspecified atom stereocenters. The summed E-state index contributed by atoms with van der Waals surface area (Å²) in [4.78, 5) is 30.2. The first-order valence-corrected chi connectivity index (χ1v) is 9.22. The molecule has 2 heterocycles. The van der Waals surface area contributed by atoms with Crippen LogP contribution < -0.4 is 0 Å². The second-order valence-corrected chi connectivity index (χ2v) is 7.61. The molecular weight excluding hydrogens is 345 g/mol. The van der Waals surface area contributed by atoms with Crippen molar-refractivity contribution in [2.45, 2.75) is 33.1 Å². The molecule has 144 valence electrons. The Morgan fingerprint density at radius 1 is 1.26 bits per heavy atom. The SMILES string of the molecule is CC(=O)N1CCC=C(c2cc(C(C)C)c3cc(C(=O)N(C)C)[nH]c3c2F)C1. The second kappa shape index (κ2) is 7.18. The van der Waals surface area contributed by atoms with Crippen molar-refractivity contribution >= 4 is 28.3 Å². The molecule has 0 fully saturated rings. The van der Waals surface area contributed by atoms with Crippen molar-refractivity contribution in [2.75, 3.05) is 27.2 Å². The molecule has 0 bridgehead atoms. The summed E-state index contributed by atoms with van der Waals surface area (Å²) in [5, 5.41) is 0.733. The number of aromatic nitrogens is 1. The summed E-state index contributed by atoms with van der Waals surface area (Å²) in [5.41, 5.74) is 3.02. The van der Waals surface area contributed by atoms with E-state index in [-0.39, 0.29) is 23.5 Å². The van der Waals surface area contributed by atoms with Crippen molar-refractivity contribution in [1.29, 1.82) is 0 Å². The molecule has 0 aliphatic carbocycles. The van der Waals surface area contributed by atoms with E-state index in [1.807, 2.05) is 26.0 Å². The van der Waals surface area contributed by atoms with Crippen molar-refractivity contribution in [1.82, 2.24) is 14.8 Å². The number of benzene rings is 1. The number of hydrogen-bond acceptors (Lipinski definition) is 2. The highest BCUT2D eigenvalue weighted by atomic mass is 19.1. The number of nitrogens with one attached hydrogen (secondary N) is 1. The topological polar surface area (TPSA) is 56.4 Å². The summed E-state index contributed by atoms with van der Waals surface area (Å²) in [6.07, 6.45) is 2.71. The molecule has 6 heteroatoms. The van der Waals surface area contributed by atoms with Crippen molar-refractivity contribution in [3.63, 3.8) is 0 Å². The summed E-state index contributed by atoms with van der Waals surface area (Å²) >= 11 is 0. The Morgan fingerprint density at radius 2 is 1.96 bits per heavy atom. The van der Waals surface area contributed by atoms with Crippen LogP contribution in [0.25, 0.3) is 16.5 Å². The Labute approximate surface area is 158 Å². The molecule has 0 radical (unpaired) electrons. The Morgan fingerprint density at radius 3 is 2.56 bits per heavy atom. The molecule has 0 saturated carbocycles. The van der Waals surface area contributed by atoms with Gasteiger partial charge in [-0.25, -0.2) is 4.39 Å². The van der Waals surface area contributed by atoms with Crippen LogP contribution in [0.3, 0.4) is 0 Å². The van der Waals surface area contributed by atoms with Gasteiger partial charge >= 0.3 is 0 Å². The Balaban J connectivity index is 2.17. The molecule has 1 aromatic carbocycles. The van der Waals surface area contributed by atoms with Crippen LogP contribution in [0.4, 0.5) is 4.39 Å². The average Bonchev–Trinajstić information content (AvgIpc) is 3.06. The normalized spacial score (nSPS) is 14.6. The predicted molar refractivity (Wildman–Crippen MR) is 105 cm³/mol. The van der Waals surface area contributed by atoms with Gasteiger partial charge in [0.2, 0.25) is 5.91 Å². The first kappa shape index (κ1) is 19.1. The number of nitrogens with zero attached hydrogens (tertiary/aromatic N) is 2. The molecule has 0 spiro atoms. The second-order valence-electron chi connectivity index (χ2n) is 7.61. The molecule has 3 rings (SSSR count). The third-order valence-electron chi connectivity index (χ3n) is 5.09. The molecule has 5 nitrogen and oxygen atoms in total. The number of amides is 2. The van der Waals surface area contributed by atoms with E-state index in [1.54, 1.807) is 25.1 Å². The van der Waals surface area contributed by atoms with Gasteiger partial charge in [0.1, 0.15) is 5.69 Å². The van der Waals surface area contributed by atoms with Gasteiger partial charge in [0.05, 0.1) is 5.52 Å². The van der Waals surface area contributed by atoms with Gasteiger partial charge in [-0.15, -0.1) is 0 Å². The third kappa shape index (κ3) is 3.48. The highest BCUT2D eigenvalue weighted by Gasteiger charge is 2.24. The summed E-state index contributed by atoms with van der Waals surface area (Å²) in [5.74, 6) is -0.409. The minimum Gasteiger partial charge on any atom is -0.348 e. The van der Waals surface area contributed by atoms with Gasteiger partial charge in [-0.1, -0.05) is 19.9 Å². The van der Waals surface area contributed by atoms with Crippen LogP contribution in [0.1, 0.15) is 54.7 Å².